The number of rotatable bonds is 3. The Bertz CT molecular complexity index is 764. The normalized spacial score (nSPS) is 21.2. The number of hydrogen-bond acceptors (Lipinski definition) is 4. The van der Waals surface area contributed by atoms with Gasteiger partial charge in [0.25, 0.3) is 5.91 Å². The summed E-state index contributed by atoms with van der Waals surface area (Å²) in [5.74, 6) is -1.03. The number of carboxylic acids is 1. The van der Waals surface area contributed by atoms with Gasteiger partial charge in [0.1, 0.15) is 16.9 Å². The van der Waals surface area contributed by atoms with E-state index in [0.717, 1.165) is 0 Å². The molecule has 3 rings (SSSR count). The van der Waals surface area contributed by atoms with Crippen LogP contribution < -0.4 is 5.32 Å². The number of benzene rings is 1. The number of carboxylic acid groups (broad SMARTS) is 1. The highest BCUT2D eigenvalue weighted by Gasteiger charge is 2.44. The van der Waals surface area contributed by atoms with E-state index in [0.29, 0.717) is 34.5 Å². The van der Waals surface area contributed by atoms with Crippen molar-refractivity contribution in [2.45, 2.75) is 18.9 Å². The lowest BCUT2D eigenvalue weighted by Gasteiger charge is -2.24. The molecule has 0 radical (unpaired) electrons. The summed E-state index contributed by atoms with van der Waals surface area (Å²) in [6.07, 6.45) is 0.368. The van der Waals surface area contributed by atoms with Crippen molar-refractivity contribution < 1.29 is 23.5 Å². The third kappa shape index (κ3) is 2.35. The summed E-state index contributed by atoms with van der Waals surface area (Å²) in [4.78, 5) is 23.9. The van der Waals surface area contributed by atoms with E-state index in [2.05, 4.69) is 5.32 Å². The molecule has 2 N–H and O–H groups in total. The van der Waals surface area contributed by atoms with Crippen LogP contribution in [0.4, 0.5) is 4.39 Å². The quantitative estimate of drug-likeness (QED) is 0.907. The molecule has 1 amide bonds. The maximum absolute atomic E-state index is 13.3. The lowest BCUT2D eigenvalue weighted by Crippen LogP contribution is -2.54. The Morgan fingerprint density at radius 1 is 1.45 bits per heavy atom. The minimum Gasteiger partial charge on any atom is -0.479 e. The van der Waals surface area contributed by atoms with Gasteiger partial charge in [0.05, 0.1) is 0 Å². The van der Waals surface area contributed by atoms with Gasteiger partial charge in [0.15, 0.2) is 5.76 Å². The number of thioether (sulfide) groups is 1. The molecule has 1 aliphatic rings. The maximum atomic E-state index is 13.3. The van der Waals surface area contributed by atoms with Crippen molar-refractivity contribution in [2.75, 3.05) is 11.5 Å². The van der Waals surface area contributed by atoms with Crippen molar-refractivity contribution in [1.82, 2.24) is 5.32 Å². The number of fused-ring (bicyclic) bond motifs is 1. The molecule has 0 aliphatic carbocycles. The highest BCUT2D eigenvalue weighted by molar-refractivity contribution is 7.99. The highest BCUT2D eigenvalue weighted by Crippen LogP contribution is 2.30. The Hall–Kier alpha value is -2.02. The summed E-state index contributed by atoms with van der Waals surface area (Å²) < 4.78 is 18.8. The van der Waals surface area contributed by atoms with E-state index < -0.39 is 23.2 Å². The lowest BCUT2D eigenvalue weighted by molar-refractivity contribution is -0.143. The van der Waals surface area contributed by atoms with E-state index in [1.165, 1.54) is 30.0 Å². The van der Waals surface area contributed by atoms with Gasteiger partial charge in [-0.3, -0.25) is 4.79 Å². The fourth-order valence-electron chi connectivity index (χ4n) is 2.57. The van der Waals surface area contributed by atoms with Gasteiger partial charge in [-0.15, -0.1) is 0 Å². The van der Waals surface area contributed by atoms with Gasteiger partial charge in [-0.25, -0.2) is 9.18 Å². The Balaban J connectivity index is 1.95. The van der Waals surface area contributed by atoms with Gasteiger partial charge < -0.3 is 14.8 Å². The molecule has 2 aromatic rings. The number of amides is 1. The summed E-state index contributed by atoms with van der Waals surface area (Å²) in [6.45, 7) is 1.65. The first-order valence-corrected chi connectivity index (χ1v) is 7.91. The van der Waals surface area contributed by atoms with E-state index in [1.807, 2.05) is 0 Å². The first kappa shape index (κ1) is 14.9. The second-order valence-electron chi connectivity index (χ2n) is 5.34. The largest absolute Gasteiger partial charge is 0.479 e. The van der Waals surface area contributed by atoms with Crippen LogP contribution in [0.3, 0.4) is 0 Å². The zero-order valence-electron chi connectivity index (χ0n) is 11.8. The third-order valence-electron chi connectivity index (χ3n) is 3.89. The average Bonchev–Trinajstić information content (AvgIpc) is 3.06. The van der Waals surface area contributed by atoms with Crippen LogP contribution in [0.2, 0.25) is 0 Å². The zero-order chi connectivity index (χ0) is 15.9. The molecule has 2 heterocycles. The third-order valence-corrected chi connectivity index (χ3v) is 5.08. The van der Waals surface area contributed by atoms with Crippen molar-refractivity contribution in [3.05, 3.63) is 35.3 Å². The monoisotopic (exact) mass is 323 g/mol. The van der Waals surface area contributed by atoms with E-state index in [9.17, 15) is 19.1 Å². The predicted molar refractivity (Wildman–Crippen MR) is 80.7 cm³/mol. The SMILES string of the molecule is Cc1c(C(=O)NC2(C(=O)O)CCSC2)oc2ccc(F)cc12. The van der Waals surface area contributed by atoms with Crippen LogP contribution in [0, 0.1) is 12.7 Å². The van der Waals surface area contributed by atoms with Crippen LogP contribution in [0.1, 0.15) is 22.5 Å². The molecular weight excluding hydrogens is 309 g/mol. The van der Waals surface area contributed by atoms with Crippen molar-refractivity contribution in [3.8, 4) is 0 Å². The summed E-state index contributed by atoms with van der Waals surface area (Å²) >= 11 is 1.48. The molecule has 1 atom stereocenters. The Labute approximate surface area is 129 Å². The summed E-state index contributed by atoms with van der Waals surface area (Å²) in [5, 5.41) is 12.5. The van der Waals surface area contributed by atoms with Crippen LogP contribution >= 0.6 is 11.8 Å². The summed E-state index contributed by atoms with van der Waals surface area (Å²) in [6, 6.07) is 4.00. The van der Waals surface area contributed by atoms with Gasteiger partial charge in [0.2, 0.25) is 0 Å². The van der Waals surface area contributed by atoms with Crippen LogP contribution in [-0.2, 0) is 4.79 Å². The van der Waals surface area contributed by atoms with Crippen LogP contribution in [0.5, 0.6) is 0 Å². The molecule has 0 saturated carbocycles. The van der Waals surface area contributed by atoms with Gasteiger partial charge in [-0.1, -0.05) is 0 Å². The Kier molecular flexibility index (Phi) is 3.60. The smallest absolute Gasteiger partial charge is 0.330 e. The lowest BCUT2D eigenvalue weighted by atomic mass is 9.99. The molecule has 1 aromatic carbocycles. The molecule has 7 heteroatoms. The fourth-order valence-corrected chi connectivity index (χ4v) is 3.90. The molecule has 1 aromatic heterocycles. The molecule has 0 bridgehead atoms. The number of hydrogen-bond donors (Lipinski definition) is 2. The first-order valence-electron chi connectivity index (χ1n) is 6.75. The summed E-state index contributed by atoms with van der Waals surface area (Å²) in [7, 11) is 0. The average molecular weight is 323 g/mol. The van der Waals surface area contributed by atoms with Crippen molar-refractivity contribution in [2.24, 2.45) is 0 Å². The van der Waals surface area contributed by atoms with Crippen molar-refractivity contribution in [3.63, 3.8) is 0 Å². The fraction of sp³-hybridized carbons (Fsp3) is 0.333. The second kappa shape index (κ2) is 5.31. The van der Waals surface area contributed by atoms with Crippen molar-refractivity contribution >= 4 is 34.6 Å². The number of carbonyl (C=O) groups excluding carboxylic acids is 1. The van der Waals surface area contributed by atoms with Crippen LogP contribution in [0.25, 0.3) is 11.0 Å². The number of aliphatic carboxylic acids is 1. The summed E-state index contributed by atoms with van der Waals surface area (Å²) in [5.41, 5.74) is -0.370. The molecule has 1 fully saturated rings. The van der Waals surface area contributed by atoms with Gasteiger partial charge in [0, 0.05) is 16.7 Å². The topological polar surface area (TPSA) is 79.5 Å². The molecule has 1 unspecified atom stereocenters. The predicted octanol–water partition coefficient (Wildman–Crippen LogP) is 2.57. The van der Waals surface area contributed by atoms with E-state index in [4.69, 9.17) is 4.42 Å². The number of carbonyl (C=O) groups is 2. The maximum Gasteiger partial charge on any atom is 0.330 e. The molecule has 5 nitrogen and oxygen atoms in total. The molecular formula is C15H14FNO4S. The Morgan fingerprint density at radius 2 is 2.23 bits per heavy atom. The van der Waals surface area contributed by atoms with Gasteiger partial charge >= 0.3 is 5.97 Å². The van der Waals surface area contributed by atoms with E-state index >= 15 is 0 Å². The first-order chi connectivity index (χ1) is 10.4. The zero-order valence-corrected chi connectivity index (χ0v) is 12.6. The van der Waals surface area contributed by atoms with Crippen LogP contribution in [0.15, 0.2) is 22.6 Å². The number of furan rings is 1. The van der Waals surface area contributed by atoms with E-state index in [1.54, 1.807) is 6.92 Å². The molecule has 1 aliphatic heterocycles. The standard InChI is InChI=1S/C15H14FNO4S/c1-8-10-6-9(16)2-3-11(10)21-12(8)13(18)17-15(14(19)20)4-5-22-7-15/h2-3,6H,4-5,7H2,1H3,(H,17,18)(H,19,20). The van der Waals surface area contributed by atoms with Crippen LogP contribution in [-0.4, -0.2) is 34.0 Å². The van der Waals surface area contributed by atoms with Gasteiger partial charge in [-0.2, -0.15) is 11.8 Å². The second-order valence-corrected chi connectivity index (χ2v) is 6.45. The van der Waals surface area contributed by atoms with Crippen molar-refractivity contribution in [1.29, 1.82) is 0 Å². The highest BCUT2D eigenvalue weighted by atomic mass is 32.2. The Morgan fingerprint density at radius 3 is 2.86 bits per heavy atom. The molecule has 1 saturated heterocycles. The molecule has 22 heavy (non-hydrogen) atoms. The van der Waals surface area contributed by atoms with Gasteiger partial charge in [-0.05, 0) is 37.3 Å². The number of aryl methyl sites for hydroxylation is 1. The number of nitrogens with one attached hydrogen (secondary N) is 1. The van der Waals surface area contributed by atoms with E-state index in [-0.39, 0.29) is 5.76 Å². The molecule has 116 valence electrons. The minimum absolute atomic E-state index is 0.0260. The molecule has 0 spiro atoms. The number of halogens is 1. The minimum atomic E-state index is -1.27.